The number of amides is 1. The number of ketones is 1. The molecule has 1 saturated carbocycles. The van der Waals surface area contributed by atoms with E-state index in [-0.39, 0.29) is 29.9 Å². The van der Waals surface area contributed by atoms with Crippen molar-refractivity contribution >= 4 is 23.6 Å². The van der Waals surface area contributed by atoms with Gasteiger partial charge >= 0.3 is 11.9 Å². The Morgan fingerprint density at radius 2 is 1.69 bits per heavy atom. The van der Waals surface area contributed by atoms with E-state index in [0.29, 0.717) is 23.4 Å². The summed E-state index contributed by atoms with van der Waals surface area (Å²) in [5.74, 6) is -1.17. The summed E-state index contributed by atoms with van der Waals surface area (Å²) < 4.78 is 15.7. The molecule has 1 aliphatic heterocycles. The van der Waals surface area contributed by atoms with Crippen molar-refractivity contribution in [3.8, 4) is 11.5 Å². The van der Waals surface area contributed by atoms with Crippen molar-refractivity contribution in [3.63, 3.8) is 0 Å². The Morgan fingerprint density at radius 3 is 2.40 bits per heavy atom. The van der Waals surface area contributed by atoms with Crippen molar-refractivity contribution in [3.05, 3.63) is 59.7 Å². The number of likely N-dealkylation sites (tertiary alicyclic amines) is 1. The fourth-order valence-corrected chi connectivity index (χ4v) is 4.60. The molecular weight excluding hydrogens is 450 g/mol. The van der Waals surface area contributed by atoms with E-state index >= 15 is 0 Å². The monoisotopic (exact) mass is 479 g/mol. The lowest BCUT2D eigenvalue weighted by Crippen LogP contribution is -2.38. The highest BCUT2D eigenvalue weighted by atomic mass is 16.5. The van der Waals surface area contributed by atoms with E-state index in [1.807, 2.05) is 4.90 Å². The molecule has 184 valence electrons. The Bertz CT molecular complexity index is 1090. The standard InChI is InChI=1S/C27H29NO7/c1-33-23-9-5-6-19(14-23)27(32)35-22-12-10-18(11-13-22)24(29)17-34-26(31)20-15-25(30)28(16-20)21-7-3-2-4-8-21/h5-6,9-14,20-21H,2-4,7-8,15-17H2,1H3/t20-/m0/s1. The molecule has 1 aliphatic carbocycles. The summed E-state index contributed by atoms with van der Waals surface area (Å²) in [5, 5.41) is 0. The van der Waals surface area contributed by atoms with Gasteiger partial charge in [0.2, 0.25) is 5.91 Å². The van der Waals surface area contributed by atoms with Crippen molar-refractivity contribution in [1.29, 1.82) is 0 Å². The van der Waals surface area contributed by atoms with Crippen LogP contribution in [0.1, 0.15) is 59.2 Å². The topological polar surface area (TPSA) is 99.2 Å². The van der Waals surface area contributed by atoms with Crippen LogP contribution in [0.5, 0.6) is 11.5 Å². The number of ether oxygens (including phenoxy) is 3. The number of methoxy groups -OCH3 is 1. The molecule has 1 saturated heterocycles. The SMILES string of the molecule is COc1cccc(C(=O)Oc2ccc(C(=O)COC(=O)[C@H]3CC(=O)N(C4CCCCC4)C3)cc2)c1. The maximum absolute atomic E-state index is 12.5. The van der Waals surface area contributed by atoms with Crippen LogP contribution in [0.3, 0.4) is 0 Å². The molecule has 0 unspecified atom stereocenters. The molecule has 8 heteroatoms. The quantitative estimate of drug-likeness (QED) is 0.322. The Hall–Kier alpha value is -3.68. The minimum Gasteiger partial charge on any atom is -0.497 e. The third kappa shape index (κ3) is 6.07. The zero-order valence-electron chi connectivity index (χ0n) is 19.7. The van der Waals surface area contributed by atoms with Gasteiger partial charge in [0, 0.05) is 24.6 Å². The summed E-state index contributed by atoms with van der Waals surface area (Å²) >= 11 is 0. The van der Waals surface area contributed by atoms with Crippen LogP contribution < -0.4 is 9.47 Å². The number of benzene rings is 2. The molecule has 0 N–H and O–H groups in total. The van der Waals surface area contributed by atoms with Crippen LogP contribution in [-0.4, -0.2) is 54.8 Å². The number of carbonyl (C=O) groups is 4. The Morgan fingerprint density at radius 1 is 0.943 bits per heavy atom. The number of carbonyl (C=O) groups excluding carboxylic acids is 4. The lowest BCUT2D eigenvalue weighted by Gasteiger charge is -2.31. The van der Waals surface area contributed by atoms with E-state index in [1.165, 1.54) is 37.8 Å². The number of hydrogen-bond donors (Lipinski definition) is 0. The van der Waals surface area contributed by atoms with E-state index in [0.717, 1.165) is 25.7 Å². The van der Waals surface area contributed by atoms with Crippen LogP contribution in [0.25, 0.3) is 0 Å². The van der Waals surface area contributed by atoms with Crippen LogP contribution in [0, 0.1) is 5.92 Å². The summed E-state index contributed by atoms with van der Waals surface area (Å²) in [6.07, 6.45) is 5.51. The van der Waals surface area contributed by atoms with Crippen molar-refractivity contribution < 1.29 is 33.4 Å². The second kappa shape index (κ2) is 11.2. The fourth-order valence-electron chi connectivity index (χ4n) is 4.60. The van der Waals surface area contributed by atoms with Gasteiger partial charge in [-0.25, -0.2) is 4.79 Å². The number of nitrogens with zero attached hydrogens (tertiary/aromatic N) is 1. The van der Waals surface area contributed by atoms with Gasteiger partial charge in [-0.1, -0.05) is 25.3 Å². The van der Waals surface area contributed by atoms with E-state index in [1.54, 1.807) is 24.3 Å². The van der Waals surface area contributed by atoms with Crippen molar-refractivity contribution in [2.45, 2.75) is 44.6 Å². The molecule has 0 spiro atoms. The third-order valence-electron chi connectivity index (χ3n) is 6.55. The molecule has 0 bridgehead atoms. The second-order valence-electron chi connectivity index (χ2n) is 8.92. The molecule has 0 radical (unpaired) electrons. The summed E-state index contributed by atoms with van der Waals surface area (Å²) in [6.45, 7) is -0.0419. The van der Waals surface area contributed by atoms with Gasteiger partial charge in [-0.2, -0.15) is 0 Å². The van der Waals surface area contributed by atoms with Crippen LogP contribution in [-0.2, 0) is 14.3 Å². The molecule has 1 heterocycles. The third-order valence-corrected chi connectivity index (χ3v) is 6.55. The van der Waals surface area contributed by atoms with Gasteiger partial charge in [-0.15, -0.1) is 0 Å². The van der Waals surface area contributed by atoms with Gasteiger partial charge in [-0.3, -0.25) is 14.4 Å². The number of rotatable bonds is 8. The zero-order chi connectivity index (χ0) is 24.8. The minimum atomic E-state index is -0.551. The summed E-state index contributed by atoms with van der Waals surface area (Å²) in [4.78, 5) is 51.5. The van der Waals surface area contributed by atoms with Crippen molar-refractivity contribution in [2.24, 2.45) is 5.92 Å². The van der Waals surface area contributed by atoms with Crippen LogP contribution in [0.4, 0.5) is 0 Å². The molecule has 35 heavy (non-hydrogen) atoms. The first-order valence-corrected chi connectivity index (χ1v) is 11.9. The van der Waals surface area contributed by atoms with Gasteiger partial charge < -0.3 is 19.1 Å². The molecule has 0 aromatic heterocycles. The predicted molar refractivity (Wildman–Crippen MR) is 126 cm³/mol. The molecule has 8 nitrogen and oxygen atoms in total. The predicted octanol–water partition coefficient (Wildman–Crippen LogP) is 3.82. The molecule has 2 aliphatic rings. The lowest BCUT2D eigenvalue weighted by molar-refractivity contribution is -0.147. The summed E-state index contributed by atoms with van der Waals surface area (Å²) in [5.41, 5.74) is 0.661. The molecule has 1 amide bonds. The molecule has 2 aromatic rings. The van der Waals surface area contributed by atoms with Crippen LogP contribution >= 0.6 is 0 Å². The minimum absolute atomic E-state index is 0.00995. The highest BCUT2D eigenvalue weighted by molar-refractivity contribution is 5.98. The number of esters is 2. The lowest BCUT2D eigenvalue weighted by atomic mass is 9.94. The van der Waals surface area contributed by atoms with E-state index in [4.69, 9.17) is 14.2 Å². The average Bonchev–Trinajstić information content (AvgIpc) is 3.29. The fraction of sp³-hybridized carbons (Fsp3) is 0.407. The first-order chi connectivity index (χ1) is 16.9. The van der Waals surface area contributed by atoms with Gasteiger partial charge in [0.1, 0.15) is 11.5 Å². The zero-order valence-corrected chi connectivity index (χ0v) is 19.7. The molecule has 2 fully saturated rings. The Kier molecular flexibility index (Phi) is 7.80. The molecule has 4 rings (SSSR count). The Labute approximate surface area is 204 Å². The summed E-state index contributed by atoms with van der Waals surface area (Å²) in [6, 6.07) is 12.8. The molecule has 2 aromatic carbocycles. The maximum Gasteiger partial charge on any atom is 0.343 e. The van der Waals surface area contributed by atoms with Crippen LogP contribution in [0.15, 0.2) is 48.5 Å². The first kappa shape index (κ1) is 24.4. The van der Waals surface area contributed by atoms with Gasteiger partial charge in [0.25, 0.3) is 0 Å². The Balaban J connectivity index is 1.26. The second-order valence-corrected chi connectivity index (χ2v) is 8.92. The number of Topliss-reactive ketones (excluding diaryl/α,β-unsaturated/α-hetero) is 1. The van der Waals surface area contributed by atoms with Crippen molar-refractivity contribution in [1.82, 2.24) is 4.90 Å². The van der Waals surface area contributed by atoms with E-state index in [2.05, 4.69) is 0 Å². The molecule has 1 atom stereocenters. The maximum atomic E-state index is 12.5. The largest absolute Gasteiger partial charge is 0.497 e. The van der Waals surface area contributed by atoms with Crippen molar-refractivity contribution in [2.75, 3.05) is 20.3 Å². The normalized spacial score (nSPS) is 18.3. The van der Waals surface area contributed by atoms with E-state index < -0.39 is 24.5 Å². The average molecular weight is 480 g/mol. The smallest absolute Gasteiger partial charge is 0.343 e. The highest BCUT2D eigenvalue weighted by Gasteiger charge is 2.39. The van der Waals surface area contributed by atoms with E-state index in [9.17, 15) is 19.2 Å². The summed E-state index contributed by atoms with van der Waals surface area (Å²) in [7, 11) is 1.51. The van der Waals surface area contributed by atoms with Gasteiger partial charge in [-0.05, 0) is 55.3 Å². The molecular formula is C27H29NO7. The van der Waals surface area contributed by atoms with Crippen LogP contribution in [0.2, 0.25) is 0 Å². The van der Waals surface area contributed by atoms with Gasteiger partial charge in [0.15, 0.2) is 12.4 Å². The van der Waals surface area contributed by atoms with Gasteiger partial charge in [0.05, 0.1) is 18.6 Å². The highest BCUT2D eigenvalue weighted by Crippen LogP contribution is 2.29. The number of hydrogen-bond acceptors (Lipinski definition) is 7. The first-order valence-electron chi connectivity index (χ1n) is 11.9.